The van der Waals surface area contributed by atoms with E-state index < -0.39 is 0 Å². The quantitative estimate of drug-likeness (QED) is 0.475. The second kappa shape index (κ2) is 10.3. The van der Waals surface area contributed by atoms with Crippen molar-refractivity contribution < 1.29 is 4.79 Å². The number of rotatable bonds is 6. The first kappa shape index (κ1) is 23.1. The first-order valence-corrected chi connectivity index (χ1v) is 13.1. The Labute approximate surface area is 209 Å². The summed E-state index contributed by atoms with van der Waals surface area (Å²) in [6.07, 6.45) is 2.34. The number of nitrogens with zero attached hydrogens (tertiary/aromatic N) is 6. The van der Waals surface area contributed by atoms with Gasteiger partial charge in [0.1, 0.15) is 0 Å². The minimum Gasteiger partial charge on any atom is -0.368 e. The second-order valence-corrected chi connectivity index (χ2v) is 10.2. The molecule has 7 nitrogen and oxygen atoms in total. The van der Waals surface area contributed by atoms with Gasteiger partial charge in [0, 0.05) is 50.0 Å². The van der Waals surface area contributed by atoms with Gasteiger partial charge in [0.05, 0.1) is 11.4 Å². The number of amides is 1. The number of hydrogen-bond acceptors (Lipinski definition) is 6. The fraction of sp³-hybridized carbons (Fsp3) is 0.400. The van der Waals surface area contributed by atoms with Crippen molar-refractivity contribution in [3.05, 3.63) is 59.1 Å². The van der Waals surface area contributed by atoms with Crippen molar-refractivity contribution in [2.45, 2.75) is 24.9 Å². The van der Waals surface area contributed by atoms with Crippen LogP contribution in [0.1, 0.15) is 18.4 Å². The van der Waals surface area contributed by atoms with E-state index in [0.29, 0.717) is 18.8 Å². The van der Waals surface area contributed by atoms with Crippen LogP contribution < -0.4 is 9.80 Å². The summed E-state index contributed by atoms with van der Waals surface area (Å²) in [5.74, 6) is 1.35. The lowest BCUT2D eigenvalue weighted by Crippen LogP contribution is -2.49. The van der Waals surface area contributed by atoms with Gasteiger partial charge >= 0.3 is 0 Å². The van der Waals surface area contributed by atoms with Crippen LogP contribution in [0.4, 0.5) is 11.6 Å². The zero-order valence-electron chi connectivity index (χ0n) is 19.4. The minimum absolute atomic E-state index is 0.136. The van der Waals surface area contributed by atoms with E-state index in [4.69, 9.17) is 11.6 Å². The summed E-state index contributed by atoms with van der Waals surface area (Å²) < 4.78 is 2.10. The van der Waals surface area contributed by atoms with Crippen LogP contribution in [0.3, 0.4) is 0 Å². The third kappa shape index (κ3) is 5.03. The smallest absolute Gasteiger partial charge is 0.233 e. The van der Waals surface area contributed by atoms with Crippen LogP contribution in [0.2, 0.25) is 5.02 Å². The predicted octanol–water partition coefficient (Wildman–Crippen LogP) is 4.27. The lowest BCUT2D eigenvalue weighted by molar-refractivity contribution is -0.128. The fourth-order valence-corrected chi connectivity index (χ4v) is 5.54. The highest BCUT2D eigenvalue weighted by Gasteiger charge is 2.25. The molecule has 34 heavy (non-hydrogen) atoms. The third-order valence-electron chi connectivity index (χ3n) is 6.43. The van der Waals surface area contributed by atoms with E-state index in [1.165, 1.54) is 30.2 Å². The molecule has 9 heteroatoms. The SMILES string of the molecule is Cc1ccc(-n2c(SCC(=O)N3CCN(c4cccc(Cl)c4)CC3)nnc2N2CCCC2)cc1. The standard InChI is InChI=1S/C25H29ClN6OS/c1-19-7-9-21(10-8-19)32-24(31-11-2-3-12-31)27-28-25(32)34-18-23(33)30-15-13-29(14-16-30)22-6-4-5-20(26)17-22/h4-10,17H,2-3,11-16,18H2,1H3. The van der Waals surface area contributed by atoms with Gasteiger partial charge in [0.25, 0.3) is 0 Å². The number of aromatic nitrogens is 3. The van der Waals surface area contributed by atoms with E-state index >= 15 is 0 Å². The molecule has 0 aliphatic carbocycles. The number of thioether (sulfide) groups is 1. The zero-order chi connectivity index (χ0) is 23.5. The molecule has 0 unspecified atom stereocenters. The summed E-state index contributed by atoms with van der Waals surface area (Å²) in [7, 11) is 0. The number of piperazine rings is 1. The largest absolute Gasteiger partial charge is 0.368 e. The Balaban J connectivity index is 1.25. The fourth-order valence-electron chi connectivity index (χ4n) is 4.50. The van der Waals surface area contributed by atoms with Gasteiger partial charge in [-0.1, -0.05) is 47.1 Å². The summed E-state index contributed by atoms with van der Waals surface area (Å²) in [4.78, 5) is 19.5. The topological polar surface area (TPSA) is 57.5 Å². The zero-order valence-corrected chi connectivity index (χ0v) is 20.9. The highest BCUT2D eigenvalue weighted by atomic mass is 35.5. The number of anilines is 2. The molecule has 0 atom stereocenters. The van der Waals surface area contributed by atoms with Gasteiger partial charge < -0.3 is 14.7 Å². The Morgan fingerprint density at radius 3 is 2.35 bits per heavy atom. The first-order chi connectivity index (χ1) is 16.6. The molecular weight excluding hydrogens is 468 g/mol. The Bertz CT molecular complexity index is 1140. The lowest BCUT2D eigenvalue weighted by Gasteiger charge is -2.36. The number of halogens is 1. The van der Waals surface area contributed by atoms with Crippen molar-refractivity contribution in [1.82, 2.24) is 19.7 Å². The highest BCUT2D eigenvalue weighted by molar-refractivity contribution is 7.99. The van der Waals surface area contributed by atoms with E-state index in [2.05, 4.69) is 61.8 Å². The number of aryl methyl sites for hydroxylation is 1. The van der Waals surface area contributed by atoms with Gasteiger partial charge in [0.2, 0.25) is 11.9 Å². The molecule has 2 aromatic carbocycles. The normalized spacial score (nSPS) is 16.4. The molecule has 1 amide bonds. The van der Waals surface area contributed by atoms with Gasteiger partial charge in [-0.15, -0.1) is 10.2 Å². The van der Waals surface area contributed by atoms with Crippen LogP contribution in [-0.4, -0.2) is 70.6 Å². The molecule has 1 aromatic heterocycles. The molecule has 5 rings (SSSR count). The Kier molecular flexibility index (Phi) is 6.97. The Hall–Kier alpha value is -2.71. The number of benzene rings is 2. The Morgan fingerprint density at radius 1 is 0.912 bits per heavy atom. The predicted molar refractivity (Wildman–Crippen MR) is 139 cm³/mol. The summed E-state index contributed by atoms with van der Waals surface area (Å²) in [5.41, 5.74) is 3.35. The van der Waals surface area contributed by atoms with Crippen molar-refractivity contribution in [2.75, 3.05) is 54.8 Å². The molecule has 2 saturated heterocycles. The Morgan fingerprint density at radius 2 is 1.65 bits per heavy atom. The molecule has 3 aromatic rings. The van der Waals surface area contributed by atoms with Gasteiger partial charge in [-0.25, -0.2) is 0 Å². The van der Waals surface area contributed by atoms with Crippen LogP contribution in [0.15, 0.2) is 53.7 Å². The average Bonchev–Trinajstić information content (AvgIpc) is 3.53. The van der Waals surface area contributed by atoms with Crippen LogP contribution in [0.25, 0.3) is 5.69 Å². The molecule has 2 fully saturated rings. The molecule has 2 aliphatic heterocycles. The van der Waals surface area contributed by atoms with E-state index in [1.54, 1.807) is 0 Å². The molecule has 178 valence electrons. The summed E-state index contributed by atoms with van der Waals surface area (Å²) in [6.45, 7) is 7.07. The van der Waals surface area contributed by atoms with Crippen molar-refractivity contribution >= 4 is 40.9 Å². The monoisotopic (exact) mass is 496 g/mol. The average molecular weight is 497 g/mol. The molecule has 0 N–H and O–H groups in total. The van der Waals surface area contributed by atoms with Crippen LogP contribution in [-0.2, 0) is 4.79 Å². The first-order valence-electron chi connectivity index (χ1n) is 11.8. The summed E-state index contributed by atoms with van der Waals surface area (Å²) >= 11 is 7.61. The van der Waals surface area contributed by atoms with Crippen molar-refractivity contribution in [3.63, 3.8) is 0 Å². The van der Waals surface area contributed by atoms with Crippen LogP contribution >= 0.6 is 23.4 Å². The minimum atomic E-state index is 0.136. The van der Waals surface area contributed by atoms with E-state index in [-0.39, 0.29) is 5.91 Å². The summed E-state index contributed by atoms with van der Waals surface area (Å²) in [6, 6.07) is 16.3. The molecule has 0 bridgehead atoms. The number of carbonyl (C=O) groups excluding carboxylic acids is 1. The molecular formula is C25H29ClN6OS. The number of hydrogen-bond donors (Lipinski definition) is 0. The molecule has 0 spiro atoms. The maximum Gasteiger partial charge on any atom is 0.233 e. The maximum absolute atomic E-state index is 13.0. The van der Waals surface area contributed by atoms with Crippen molar-refractivity contribution in [3.8, 4) is 5.69 Å². The lowest BCUT2D eigenvalue weighted by atomic mass is 10.2. The van der Waals surface area contributed by atoms with Gasteiger partial charge in [-0.2, -0.15) is 0 Å². The maximum atomic E-state index is 13.0. The molecule has 0 radical (unpaired) electrons. The second-order valence-electron chi connectivity index (χ2n) is 8.78. The van der Waals surface area contributed by atoms with Gasteiger partial charge in [0.15, 0.2) is 5.16 Å². The van der Waals surface area contributed by atoms with Crippen LogP contribution in [0, 0.1) is 6.92 Å². The molecule has 2 aliphatic rings. The highest BCUT2D eigenvalue weighted by Crippen LogP contribution is 2.29. The van der Waals surface area contributed by atoms with E-state index in [9.17, 15) is 4.79 Å². The van der Waals surface area contributed by atoms with Gasteiger partial charge in [-0.3, -0.25) is 9.36 Å². The third-order valence-corrected chi connectivity index (χ3v) is 7.58. The van der Waals surface area contributed by atoms with Crippen LogP contribution in [0.5, 0.6) is 0 Å². The van der Waals surface area contributed by atoms with E-state index in [1.807, 2.05) is 23.1 Å². The molecule has 0 saturated carbocycles. The summed E-state index contributed by atoms with van der Waals surface area (Å²) in [5, 5.41) is 10.5. The van der Waals surface area contributed by atoms with Crippen molar-refractivity contribution in [2.24, 2.45) is 0 Å². The van der Waals surface area contributed by atoms with E-state index in [0.717, 1.165) is 53.7 Å². The van der Waals surface area contributed by atoms with Gasteiger partial charge in [-0.05, 0) is 50.1 Å². The van der Waals surface area contributed by atoms with Crippen molar-refractivity contribution in [1.29, 1.82) is 0 Å². The number of carbonyl (C=O) groups is 1. The molecule has 3 heterocycles.